The van der Waals surface area contributed by atoms with Gasteiger partial charge in [-0.1, -0.05) is 32.0 Å². The molecule has 0 heterocycles. The summed E-state index contributed by atoms with van der Waals surface area (Å²) in [5, 5.41) is 10.2. The highest BCUT2D eigenvalue weighted by Crippen LogP contribution is 2.39. The second kappa shape index (κ2) is 3.09. The van der Waals surface area contributed by atoms with E-state index in [4.69, 9.17) is 0 Å². The third kappa shape index (κ3) is 1.36. The second-order valence-electron chi connectivity index (χ2n) is 4.80. The molecule has 1 aromatic rings. The topological polar surface area (TPSA) is 20.2 Å². The Hall–Kier alpha value is -0.820. The minimum absolute atomic E-state index is 0.554. The average Bonchev–Trinajstić information content (AvgIpc) is 2.42. The van der Waals surface area contributed by atoms with Gasteiger partial charge in [-0.3, -0.25) is 0 Å². The lowest BCUT2D eigenvalue weighted by Gasteiger charge is -2.18. The molecule has 2 rings (SSSR count). The van der Waals surface area contributed by atoms with E-state index in [-0.39, 0.29) is 0 Å². The van der Waals surface area contributed by atoms with Gasteiger partial charge in [0.05, 0.1) is 5.60 Å². The summed E-state index contributed by atoms with van der Waals surface area (Å²) < 4.78 is 0. The summed E-state index contributed by atoms with van der Waals surface area (Å²) in [6, 6.07) is 6.31. The van der Waals surface area contributed by atoms with Crippen molar-refractivity contribution in [3.8, 4) is 0 Å². The fourth-order valence-electron chi connectivity index (χ4n) is 2.43. The van der Waals surface area contributed by atoms with E-state index in [9.17, 15) is 5.11 Å². The van der Waals surface area contributed by atoms with E-state index in [1.807, 2.05) is 6.92 Å². The van der Waals surface area contributed by atoms with Gasteiger partial charge in [0.25, 0.3) is 0 Å². The Morgan fingerprint density at radius 3 is 2.71 bits per heavy atom. The third-order valence-corrected chi connectivity index (χ3v) is 3.28. The highest BCUT2D eigenvalue weighted by Gasteiger charge is 2.33. The summed E-state index contributed by atoms with van der Waals surface area (Å²) in [5.41, 5.74) is 3.33. The van der Waals surface area contributed by atoms with Crippen molar-refractivity contribution in [1.82, 2.24) is 0 Å². The Bertz CT molecular complexity index is 350. The lowest BCUT2D eigenvalue weighted by atomic mass is 9.92. The fraction of sp³-hybridized carbons (Fsp3) is 0.538. The summed E-state index contributed by atoms with van der Waals surface area (Å²) in [7, 11) is 0. The number of hydrogen-bond donors (Lipinski definition) is 1. The molecule has 0 amide bonds. The highest BCUT2D eigenvalue weighted by atomic mass is 16.3. The number of benzene rings is 1. The molecule has 1 heteroatoms. The predicted molar refractivity (Wildman–Crippen MR) is 58.4 cm³/mol. The molecule has 1 N–H and O–H groups in total. The van der Waals surface area contributed by atoms with Gasteiger partial charge in [0.2, 0.25) is 0 Å². The zero-order valence-electron chi connectivity index (χ0n) is 9.17. The molecule has 0 bridgehead atoms. The molecule has 0 fully saturated rings. The van der Waals surface area contributed by atoms with E-state index < -0.39 is 5.60 Å². The van der Waals surface area contributed by atoms with Crippen LogP contribution in [0.15, 0.2) is 18.2 Å². The molecule has 14 heavy (non-hydrogen) atoms. The van der Waals surface area contributed by atoms with E-state index in [2.05, 4.69) is 32.0 Å². The molecule has 0 saturated heterocycles. The van der Waals surface area contributed by atoms with Gasteiger partial charge in [-0.05, 0) is 42.4 Å². The largest absolute Gasteiger partial charge is 0.385 e. The fourth-order valence-corrected chi connectivity index (χ4v) is 2.43. The standard InChI is InChI=1S/C13H18O/c1-9(2)10-5-4-6-12-11(10)7-8-13(12,3)14/h4-6,9,14H,7-8H2,1-3H3. The lowest BCUT2D eigenvalue weighted by Crippen LogP contribution is -2.16. The van der Waals surface area contributed by atoms with Crippen molar-refractivity contribution in [2.75, 3.05) is 0 Å². The van der Waals surface area contributed by atoms with Crippen LogP contribution in [0.3, 0.4) is 0 Å². The van der Waals surface area contributed by atoms with Crippen LogP contribution in [0.5, 0.6) is 0 Å². The van der Waals surface area contributed by atoms with Crippen LogP contribution in [0, 0.1) is 0 Å². The van der Waals surface area contributed by atoms with Gasteiger partial charge >= 0.3 is 0 Å². The molecule has 76 valence electrons. The lowest BCUT2D eigenvalue weighted by molar-refractivity contribution is 0.0595. The summed E-state index contributed by atoms with van der Waals surface area (Å²) in [5.74, 6) is 0.554. The number of aliphatic hydroxyl groups is 1. The first-order chi connectivity index (χ1) is 6.52. The zero-order chi connectivity index (χ0) is 10.3. The van der Waals surface area contributed by atoms with Crippen LogP contribution in [0.25, 0.3) is 0 Å². The number of fused-ring (bicyclic) bond motifs is 1. The maximum absolute atomic E-state index is 10.2. The van der Waals surface area contributed by atoms with E-state index in [1.54, 1.807) is 0 Å². The highest BCUT2D eigenvalue weighted by molar-refractivity contribution is 5.43. The monoisotopic (exact) mass is 190 g/mol. The van der Waals surface area contributed by atoms with Crippen molar-refractivity contribution in [2.24, 2.45) is 0 Å². The molecule has 1 aromatic carbocycles. The molecule has 1 aliphatic carbocycles. The van der Waals surface area contributed by atoms with E-state index in [0.29, 0.717) is 5.92 Å². The molecule has 1 nitrogen and oxygen atoms in total. The second-order valence-corrected chi connectivity index (χ2v) is 4.80. The molecule has 0 aromatic heterocycles. The molecular formula is C13H18O. The van der Waals surface area contributed by atoms with Crippen molar-refractivity contribution in [3.63, 3.8) is 0 Å². The predicted octanol–water partition coefficient (Wildman–Crippen LogP) is 2.96. The van der Waals surface area contributed by atoms with Crippen LogP contribution in [0.1, 0.15) is 49.8 Å². The van der Waals surface area contributed by atoms with Crippen LogP contribution in [0.2, 0.25) is 0 Å². The van der Waals surface area contributed by atoms with Gasteiger partial charge in [0.15, 0.2) is 0 Å². The first-order valence-corrected chi connectivity index (χ1v) is 5.37. The van der Waals surface area contributed by atoms with Crippen LogP contribution in [-0.2, 0) is 12.0 Å². The Morgan fingerprint density at radius 1 is 1.36 bits per heavy atom. The Morgan fingerprint density at radius 2 is 2.07 bits per heavy atom. The van der Waals surface area contributed by atoms with Gasteiger partial charge in [-0.2, -0.15) is 0 Å². The third-order valence-electron chi connectivity index (χ3n) is 3.28. The molecule has 0 aliphatic heterocycles. The first kappa shape index (κ1) is 9.72. The Labute approximate surface area is 85.8 Å². The Balaban J connectivity index is 2.56. The van der Waals surface area contributed by atoms with Crippen molar-refractivity contribution in [1.29, 1.82) is 0 Å². The van der Waals surface area contributed by atoms with Gasteiger partial charge in [-0.15, -0.1) is 0 Å². The summed E-state index contributed by atoms with van der Waals surface area (Å²) in [6.45, 7) is 6.34. The zero-order valence-corrected chi connectivity index (χ0v) is 9.17. The number of rotatable bonds is 1. The molecule has 0 spiro atoms. The van der Waals surface area contributed by atoms with Crippen molar-refractivity contribution < 1.29 is 5.11 Å². The van der Waals surface area contributed by atoms with Crippen LogP contribution >= 0.6 is 0 Å². The number of hydrogen-bond acceptors (Lipinski definition) is 1. The molecular weight excluding hydrogens is 172 g/mol. The normalized spacial score (nSPS) is 25.5. The van der Waals surface area contributed by atoms with Crippen LogP contribution < -0.4 is 0 Å². The maximum Gasteiger partial charge on any atom is 0.0874 e. The smallest absolute Gasteiger partial charge is 0.0874 e. The van der Waals surface area contributed by atoms with E-state index in [1.165, 1.54) is 11.1 Å². The van der Waals surface area contributed by atoms with Crippen LogP contribution in [-0.4, -0.2) is 5.11 Å². The molecule has 0 radical (unpaired) electrons. The molecule has 1 aliphatic rings. The van der Waals surface area contributed by atoms with Gasteiger partial charge in [0, 0.05) is 0 Å². The first-order valence-electron chi connectivity index (χ1n) is 5.37. The quantitative estimate of drug-likeness (QED) is 0.722. The minimum Gasteiger partial charge on any atom is -0.385 e. The van der Waals surface area contributed by atoms with E-state index >= 15 is 0 Å². The van der Waals surface area contributed by atoms with Gasteiger partial charge in [-0.25, -0.2) is 0 Å². The Kier molecular flexibility index (Phi) is 2.15. The average molecular weight is 190 g/mol. The van der Waals surface area contributed by atoms with Crippen molar-refractivity contribution in [3.05, 3.63) is 34.9 Å². The van der Waals surface area contributed by atoms with Gasteiger partial charge < -0.3 is 5.11 Å². The minimum atomic E-state index is -0.597. The SMILES string of the molecule is CC(C)c1cccc2c1CCC2(C)O. The maximum atomic E-state index is 10.2. The summed E-state index contributed by atoms with van der Waals surface area (Å²) in [4.78, 5) is 0. The molecule has 1 atom stereocenters. The summed E-state index contributed by atoms with van der Waals surface area (Å²) >= 11 is 0. The van der Waals surface area contributed by atoms with Crippen LogP contribution in [0.4, 0.5) is 0 Å². The van der Waals surface area contributed by atoms with E-state index in [0.717, 1.165) is 18.4 Å². The molecule has 1 unspecified atom stereocenters. The van der Waals surface area contributed by atoms with Crippen molar-refractivity contribution >= 4 is 0 Å². The summed E-state index contributed by atoms with van der Waals surface area (Å²) in [6.07, 6.45) is 1.89. The van der Waals surface area contributed by atoms with Crippen molar-refractivity contribution in [2.45, 2.75) is 45.1 Å². The molecule has 0 saturated carbocycles. The van der Waals surface area contributed by atoms with Gasteiger partial charge in [0.1, 0.15) is 0 Å².